The molecular formula is C14H21Cl2NO. The smallest absolute Gasteiger partial charge is 0.0751 e. The summed E-state index contributed by atoms with van der Waals surface area (Å²) in [5.41, 5.74) is 7.24. The summed E-state index contributed by atoms with van der Waals surface area (Å²) < 4.78 is 5.71. The first kappa shape index (κ1) is 15.8. The van der Waals surface area contributed by atoms with Gasteiger partial charge >= 0.3 is 0 Å². The predicted octanol–water partition coefficient (Wildman–Crippen LogP) is 3.92. The van der Waals surface area contributed by atoms with Gasteiger partial charge in [0.2, 0.25) is 0 Å². The van der Waals surface area contributed by atoms with Gasteiger partial charge in [-0.1, -0.05) is 43.1 Å². The summed E-state index contributed by atoms with van der Waals surface area (Å²) in [6.07, 6.45) is 0.737. The highest BCUT2D eigenvalue weighted by Crippen LogP contribution is 2.23. The van der Waals surface area contributed by atoms with Gasteiger partial charge in [0.05, 0.1) is 6.10 Å². The third kappa shape index (κ3) is 4.43. The predicted molar refractivity (Wildman–Crippen MR) is 78.4 cm³/mol. The molecule has 1 aromatic rings. The van der Waals surface area contributed by atoms with Crippen LogP contribution in [0.3, 0.4) is 0 Å². The van der Waals surface area contributed by atoms with Crippen LogP contribution in [-0.4, -0.2) is 18.8 Å². The Labute approximate surface area is 119 Å². The largest absolute Gasteiger partial charge is 0.377 e. The molecular weight excluding hydrogens is 269 g/mol. The Morgan fingerprint density at radius 3 is 2.44 bits per heavy atom. The van der Waals surface area contributed by atoms with Gasteiger partial charge in [0.15, 0.2) is 0 Å². The molecule has 0 amide bonds. The zero-order chi connectivity index (χ0) is 13.7. The van der Waals surface area contributed by atoms with Gasteiger partial charge in [-0.05, 0) is 37.0 Å². The molecule has 1 rings (SSSR count). The van der Waals surface area contributed by atoms with E-state index < -0.39 is 0 Å². The number of rotatable bonds is 6. The van der Waals surface area contributed by atoms with E-state index in [1.807, 2.05) is 19.1 Å². The van der Waals surface area contributed by atoms with Gasteiger partial charge < -0.3 is 10.5 Å². The van der Waals surface area contributed by atoms with Crippen molar-refractivity contribution >= 4 is 23.2 Å². The van der Waals surface area contributed by atoms with Gasteiger partial charge in [-0.25, -0.2) is 0 Å². The lowest BCUT2D eigenvalue weighted by Crippen LogP contribution is -2.42. The van der Waals surface area contributed by atoms with Gasteiger partial charge in [-0.3, -0.25) is 0 Å². The SMILES string of the molecule is CCOC(C(C)C)C(N)Cc1ccc(Cl)cc1Cl. The maximum atomic E-state index is 6.23. The minimum Gasteiger partial charge on any atom is -0.377 e. The molecule has 2 N–H and O–H groups in total. The van der Waals surface area contributed by atoms with E-state index in [1.54, 1.807) is 6.07 Å². The van der Waals surface area contributed by atoms with E-state index >= 15 is 0 Å². The molecule has 2 nitrogen and oxygen atoms in total. The van der Waals surface area contributed by atoms with Crippen molar-refractivity contribution in [1.82, 2.24) is 0 Å². The number of nitrogens with two attached hydrogens (primary N) is 1. The molecule has 0 spiro atoms. The summed E-state index contributed by atoms with van der Waals surface area (Å²) in [6, 6.07) is 5.44. The Balaban J connectivity index is 2.75. The third-order valence-electron chi connectivity index (χ3n) is 2.91. The summed E-state index contributed by atoms with van der Waals surface area (Å²) in [5, 5.41) is 1.31. The van der Waals surface area contributed by atoms with Crippen molar-refractivity contribution in [2.75, 3.05) is 6.61 Å². The average Bonchev–Trinajstić information content (AvgIpc) is 2.29. The van der Waals surface area contributed by atoms with E-state index in [2.05, 4.69) is 13.8 Å². The number of halogens is 2. The van der Waals surface area contributed by atoms with Crippen LogP contribution in [0.4, 0.5) is 0 Å². The Morgan fingerprint density at radius 1 is 1.28 bits per heavy atom. The van der Waals surface area contributed by atoms with Crippen molar-refractivity contribution in [3.05, 3.63) is 33.8 Å². The number of hydrogen-bond acceptors (Lipinski definition) is 2. The number of hydrogen-bond donors (Lipinski definition) is 1. The van der Waals surface area contributed by atoms with Crippen LogP contribution in [0.1, 0.15) is 26.3 Å². The molecule has 0 saturated heterocycles. The van der Waals surface area contributed by atoms with Gasteiger partial charge in [0.25, 0.3) is 0 Å². The molecule has 18 heavy (non-hydrogen) atoms. The Bertz CT molecular complexity index is 382. The van der Waals surface area contributed by atoms with Gasteiger partial charge in [-0.2, -0.15) is 0 Å². The Hall–Kier alpha value is -0.280. The summed E-state index contributed by atoms with van der Waals surface area (Å²) >= 11 is 12.0. The van der Waals surface area contributed by atoms with E-state index in [9.17, 15) is 0 Å². The molecule has 1 aromatic carbocycles. The standard InChI is InChI=1S/C14H21Cl2NO/c1-4-18-14(9(2)3)13(17)7-10-5-6-11(15)8-12(10)16/h5-6,8-9,13-14H,4,7,17H2,1-3H3. The molecule has 0 aliphatic carbocycles. The lowest BCUT2D eigenvalue weighted by Gasteiger charge is -2.27. The molecule has 102 valence electrons. The van der Waals surface area contributed by atoms with Crippen LogP contribution in [0.15, 0.2) is 18.2 Å². The zero-order valence-corrected chi connectivity index (χ0v) is 12.6. The summed E-state index contributed by atoms with van der Waals surface area (Å²) in [7, 11) is 0. The molecule has 0 aromatic heterocycles. The Kier molecular flexibility index (Phi) is 6.44. The fourth-order valence-corrected chi connectivity index (χ4v) is 2.55. The second-order valence-corrected chi connectivity index (χ2v) is 5.61. The summed E-state index contributed by atoms with van der Waals surface area (Å²) in [5.74, 6) is 0.381. The number of benzene rings is 1. The second kappa shape index (κ2) is 7.34. The van der Waals surface area contributed by atoms with Crippen molar-refractivity contribution in [1.29, 1.82) is 0 Å². The molecule has 0 saturated carbocycles. The van der Waals surface area contributed by atoms with E-state index in [-0.39, 0.29) is 12.1 Å². The fourth-order valence-electron chi connectivity index (χ4n) is 2.06. The quantitative estimate of drug-likeness (QED) is 0.861. The lowest BCUT2D eigenvalue weighted by molar-refractivity contribution is 0.0128. The third-order valence-corrected chi connectivity index (χ3v) is 3.50. The van der Waals surface area contributed by atoms with Crippen LogP contribution in [0.2, 0.25) is 10.0 Å². The van der Waals surface area contributed by atoms with E-state index in [4.69, 9.17) is 33.7 Å². The first-order chi connectivity index (χ1) is 8.45. The molecule has 0 fully saturated rings. The van der Waals surface area contributed by atoms with Crippen LogP contribution < -0.4 is 5.73 Å². The van der Waals surface area contributed by atoms with Crippen LogP contribution in [0.25, 0.3) is 0 Å². The van der Waals surface area contributed by atoms with Gasteiger partial charge in [0.1, 0.15) is 0 Å². The van der Waals surface area contributed by atoms with Gasteiger partial charge in [-0.15, -0.1) is 0 Å². The summed E-state index contributed by atoms with van der Waals surface area (Å²) in [4.78, 5) is 0. The van der Waals surface area contributed by atoms with Crippen molar-refractivity contribution < 1.29 is 4.74 Å². The minimum absolute atomic E-state index is 0.0433. The Morgan fingerprint density at radius 2 is 1.94 bits per heavy atom. The molecule has 0 aliphatic heterocycles. The minimum atomic E-state index is -0.0661. The lowest BCUT2D eigenvalue weighted by atomic mass is 9.94. The number of ether oxygens (including phenoxy) is 1. The monoisotopic (exact) mass is 289 g/mol. The van der Waals surface area contributed by atoms with E-state index in [0.29, 0.717) is 29.0 Å². The van der Waals surface area contributed by atoms with Crippen molar-refractivity contribution in [3.8, 4) is 0 Å². The maximum absolute atomic E-state index is 6.23. The van der Waals surface area contributed by atoms with E-state index in [1.165, 1.54) is 0 Å². The highest BCUT2D eigenvalue weighted by atomic mass is 35.5. The zero-order valence-electron chi connectivity index (χ0n) is 11.1. The first-order valence-corrected chi connectivity index (χ1v) is 7.02. The van der Waals surface area contributed by atoms with Crippen molar-refractivity contribution in [2.24, 2.45) is 11.7 Å². The van der Waals surface area contributed by atoms with Crippen LogP contribution in [0.5, 0.6) is 0 Å². The first-order valence-electron chi connectivity index (χ1n) is 6.26. The molecule has 0 radical (unpaired) electrons. The topological polar surface area (TPSA) is 35.2 Å². The normalized spacial score (nSPS) is 14.8. The highest BCUT2D eigenvalue weighted by molar-refractivity contribution is 6.35. The molecule has 0 bridgehead atoms. The average molecular weight is 290 g/mol. The molecule has 2 unspecified atom stereocenters. The summed E-state index contributed by atoms with van der Waals surface area (Å²) in [6.45, 7) is 6.88. The second-order valence-electron chi connectivity index (χ2n) is 4.77. The molecule has 2 atom stereocenters. The van der Waals surface area contributed by atoms with Crippen molar-refractivity contribution in [3.63, 3.8) is 0 Å². The molecule has 4 heteroatoms. The fraction of sp³-hybridized carbons (Fsp3) is 0.571. The van der Waals surface area contributed by atoms with Crippen LogP contribution >= 0.6 is 23.2 Å². The molecule has 0 heterocycles. The van der Waals surface area contributed by atoms with E-state index in [0.717, 1.165) is 5.56 Å². The van der Waals surface area contributed by atoms with Crippen LogP contribution in [-0.2, 0) is 11.2 Å². The van der Waals surface area contributed by atoms with Crippen molar-refractivity contribution in [2.45, 2.75) is 39.3 Å². The van der Waals surface area contributed by atoms with Gasteiger partial charge in [0, 0.05) is 22.7 Å². The highest BCUT2D eigenvalue weighted by Gasteiger charge is 2.22. The van der Waals surface area contributed by atoms with Crippen LogP contribution in [0, 0.1) is 5.92 Å². The maximum Gasteiger partial charge on any atom is 0.0751 e. The molecule has 0 aliphatic rings.